The lowest BCUT2D eigenvalue weighted by molar-refractivity contribution is -0.167. The zero-order valence-electron chi connectivity index (χ0n) is 51.4. The zero-order valence-corrected chi connectivity index (χ0v) is 51.4. The van der Waals surface area contributed by atoms with Crippen LogP contribution in [0.25, 0.3) is 0 Å². The first-order valence-corrected chi connectivity index (χ1v) is 33.2. The van der Waals surface area contributed by atoms with Crippen molar-refractivity contribution in [2.24, 2.45) is 0 Å². The number of unbranched alkanes of at least 4 members (excludes halogenated alkanes) is 33. The molecule has 0 aliphatic rings. The second-order valence-corrected chi connectivity index (χ2v) is 22.0. The van der Waals surface area contributed by atoms with Gasteiger partial charge in [0, 0.05) is 19.3 Å². The van der Waals surface area contributed by atoms with E-state index < -0.39 is 6.10 Å². The first-order chi connectivity index (χ1) is 38.5. The van der Waals surface area contributed by atoms with Crippen molar-refractivity contribution >= 4 is 17.9 Å². The average molecular weight is 1090 g/mol. The van der Waals surface area contributed by atoms with E-state index in [-0.39, 0.29) is 31.1 Å². The van der Waals surface area contributed by atoms with Crippen molar-refractivity contribution in [3.05, 3.63) is 97.2 Å². The fraction of sp³-hybridized carbons (Fsp3) is 0.736. The van der Waals surface area contributed by atoms with Crippen LogP contribution in [0.5, 0.6) is 0 Å². The van der Waals surface area contributed by atoms with E-state index in [4.69, 9.17) is 14.2 Å². The second-order valence-electron chi connectivity index (χ2n) is 22.0. The smallest absolute Gasteiger partial charge is 0.306 e. The van der Waals surface area contributed by atoms with E-state index in [2.05, 4.69) is 118 Å². The number of hydrogen-bond donors (Lipinski definition) is 0. The van der Waals surface area contributed by atoms with Crippen molar-refractivity contribution in [1.82, 2.24) is 0 Å². The molecule has 0 fully saturated rings. The maximum atomic E-state index is 12.9. The van der Waals surface area contributed by atoms with Gasteiger partial charge in [0.15, 0.2) is 6.10 Å². The first-order valence-electron chi connectivity index (χ1n) is 33.2. The highest BCUT2D eigenvalue weighted by Crippen LogP contribution is 2.17. The van der Waals surface area contributed by atoms with Gasteiger partial charge >= 0.3 is 17.9 Å². The summed E-state index contributed by atoms with van der Waals surface area (Å²) in [6, 6.07) is 0. The summed E-state index contributed by atoms with van der Waals surface area (Å²) in [6.45, 7) is 6.41. The third-order valence-electron chi connectivity index (χ3n) is 14.3. The Labute approximate surface area is 483 Å². The molecule has 0 heterocycles. The van der Waals surface area contributed by atoms with Gasteiger partial charge in [-0.2, -0.15) is 0 Å². The average Bonchev–Trinajstić information content (AvgIpc) is 3.44. The van der Waals surface area contributed by atoms with E-state index >= 15 is 0 Å². The van der Waals surface area contributed by atoms with Crippen LogP contribution in [-0.2, 0) is 28.6 Å². The third kappa shape index (κ3) is 63.2. The maximum absolute atomic E-state index is 12.9. The Morgan fingerprint density at radius 3 is 0.782 bits per heavy atom. The molecule has 6 nitrogen and oxygen atoms in total. The lowest BCUT2D eigenvalue weighted by Crippen LogP contribution is -2.30. The first kappa shape index (κ1) is 74.3. The Morgan fingerprint density at radius 1 is 0.269 bits per heavy atom. The molecule has 0 aliphatic heterocycles. The molecule has 0 aromatic rings. The molecule has 0 aromatic carbocycles. The van der Waals surface area contributed by atoms with Gasteiger partial charge in [-0.1, -0.05) is 304 Å². The van der Waals surface area contributed by atoms with Crippen LogP contribution in [0.3, 0.4) is 0 Å². The van der Waals surface area contributed by atoms with Crippen molar-refractivity contribution in [2.45, 2.75) is 329 Å². The van der Waals surface area contributed by atoms with E-state index in [1.54, 1.807) is 0 Å². The normalized spacial score (nSPS) is 12.7. The minimum absolute atomic E-state index is 0.0830. The van der Waals surface area contributed by atoms with Gasteiger partial charge in [0.2, 0.25) is 0 Å². The lowest BCUT2D eigenvalue weighted by Gasteiger charge is -2.18. The highest BCUT2D eigenvalue weighted by Gasteiger charge is 2.19. The van der Waals surface area contributed by atoms with E-state index in [0.717, 1.165) is 122 Å². The summed E-state index contributed by atoms with van der Waals surface area (Å²) in [7, 11) is 0. The molecule has 0 rings (SSSR count). The Kier molecular flexibility index (Phi) is 62.7. The van der Waals surface area contributed by atoms with E-state index in [9.17, 15) is 14.4 Å². The fourth-order valence-corrected chi connectivity index (χ4v) is 9.43. The van der Waals surface area contributed by atoms with Crippen LogP contribution < -0.4 is 0 Å². The molecule has 0 N–H and O–H groups in total. The molecule has 0 saturated heterocycles. The monoisotopic (exact) mass is 1080 g/mol. The van der Waals surface area contributed by atoms with Gasteiger partial charge in [0.25, 0.3) is 0 Å². The Morgan fingerprint density at radius 2 is 0.500 bits per heavy atom. The summed E-state index contributed by atoms with van der Waals surface area (Å²) < 4.78 is 16.9. The molecule has 6 heteroatoms. The predicted molar refractivity (Wildman–Crippen MR) is 339 cm³/mol. The summed E-state index contributed by atoms with van der Waals surface area (Å²) in [4.78, 5) is 38.2. The Hall–Kier alpha value is -3.67. The molecular weight excluding hydrogens is 961 g/mol. The topological polar surface area (TPSA) is 78.9 Å². The molecule has 0 aromatic heterocycles. The highest BCUT2D eigenvalue weighted by molar-refractivity contribution is 5.71. The molecule has 0 spiro atoms. The van der Waals surface area contributed by atoms with Crippen LogP contribution in [0.15, 0.2) is 97.2 Å². The predicted octanol–water partition coefficient (Wildman–Crippen LogP) is 22.8. The van der Waals surface area contributed by atoms with Gasteiger partial charge in [-0.05, 0) is 96.3 Å². The quantitative estimate of drug-likeness (QED) is 0.0261. The van der Waals surface area contributed by atoms with Crippen LogP contribution in [0, 0.1) is 0 Å². The van der Waals surface area contributed by atoms with Crippen molar-refractivity contribution in [3.8, 4) is 0 Å². The maximum Gasteiger partial charge on any atom is 0.306 e. The summed E-state index contributed by atoms with van der Waals surface area (Å²) in [5.74, 6) is -0.896. The summed E-state index contributed by atoms with van der Waals surface area (Å²) in [5.41, 5.74) is 0. The van der Waals surface area contributed by atoms with Crippen molar-refractivity contribution in [1.29, 1.82) is 0 Å². The van der Waals surface area contributed by atoms with Gasteiger partial charge in [0.05, 0.1) is 0 Å². The van der Waals surface area contributed by atoms with Gasteiger partial charge in [-0.3, -0.25) is 14.4 Å². The van der Waals surface area contributed by atoms with E-state index in [0.29, 0.717) is 19.3 Å². The zero-order chi connectivity index (χ0) is 56.4. The fourth-order valence-electron chi connectivity index (χ4n) is 9.43. The van der Waals surface area contributed by atoms with Gasteiger partial charge in [-0.15, -0.1) is 0 Å². The minimum atomic E-state index is -0.787. The summed E-state index contributed by atoms with van der Waals surface area (Å²) >= 11 is 0. The number of allylic oxidation sites excluding steroid dienone is 16. The van der Waals surface area contributed by atoms with Gasteiger partial charge in [-0.25, -0.2) is 0 Å². The van der Waals surface area contributed by atoms with Crippen LogP contribution in [0.2, 0.25) is 0 Å². The third-order valence-corrected chi connectivity index (χ3v) is 14.3. The van der Waals surface area contributed by atoms with Crippen LogP contribution in [0.4, 0.5) is 0 Å². The molecule has 0 radical (unpaired) electrons. The summed E-state index contributed by atoms with van der Waals surface area (Å²) in [6.07, 6.45) is 88.7. The van der Waals surface area contributed by atoms with Crippen LogP contribution in [-0.4, -0.2) is 37.2 Å². The van der Waals surface area contributed by atoms with E-state index in [1.165, 1.54) is 161 Å². The van der Waals surface area contributed by atoms with Crippen LogP contribution >= 0.6 is 0 Å². The SMILES string of the molecule is CC/C=C\C/C=C\C/C=C\C/C=C\CCCCCCCCCCCCCCCCCCCCCCC(=O)OCC(COC(=O)CCCCCCCCCCCC)OC(=O)CCCCCC/C=C\C/C=C\C/C=C\C/C=C\CC. The Bertz CT molecular complexity index is 1530. The van der Waals surface area contributed by atoms with Crippen molar-refractivity contribution in [3.63, 3.8) is 0 Å². The van der Waals surface area contributed by atoms with Gasteiger partial charge in [0.1, 0.15) is 13.2 Å². The number of carbonyl (C=O) groups is 3. The lowest BCUT2D eigenvalue weighted by atomic mass is 10.0. The van der Waals surface area contributed by atoms with E-state index in [1.807, 2.05) is 0 Å². The standard InChI is InChI=1S/C72H124O6/c1-4-7-10-13-16-19-22-24-26-28-29-30-31-32-33-34-35-36-37-38-39-40-41-42-43-45-46-48-50-53-56-59-62-65-71(74)77-68-69(67-76-70(73)64-61-58-55-52-21-18-15-12-9-6-3)78-72(75)66-63-60-57-54-51-49-47-44-27-25-23-20-17-14-11-8-5-2/h7-8,10-11,16-17,19-20,24-27,29-30,47,49,69H,4-6,9,12-15,18,21-23,28,31-46,48,50-68H2,1-3H3/b10-7-,11-8-,19-16-,20-17-,26-24-,27-25-,30-29-,49-47-. The number of hydrogen-bond acceptors (Lipinski definition) is 6. The molecule has 448 valence electrons. The Balaban J connectivity index is 4.11. The molecule has 1 unspecified atom stereocenters. The number of carbonyl (C=O) groups excluding carboxylic acids is 3. The molecular formula is C72H124O6. The van der Waals surface area contributed by atoms with Crippen LogP contribution in [0.1, 0.15) is 323 Å². The number of rotatable bonds is 60. The van der Waals surface area contributed by atoms with Gasteiger partial charge < -0.3 is 14.2 Å². The van der Waals surface area contributed by atoms with Crippen molar-refractivity contribution < 1.29 is 28.6 Å². The molecule has 0 saturated carbocycles. The second kappa shape index (κ2) is 65.8. The number of esters is 3. The van der Waals surface area contributed by atoms with Crippen molar-refractivity contribution in [2.75, 3.05) is 13.2 Å². The molecule has 0 amide bonds. The summed E-state index contributed by atoms with van der Waals surface area (Å²) in [5, 5.41) is 0. The molecule has 1 atom stereocenters. The molecule has 78 heavy (non-hydrogen) atoms. The number of ether oxygens (including phenoxy) is 3. The highest BCUT2D eigenvalue weighted by atomic mass is 16.6. The molecule has 0 aliphatic carbocycles. The molecule has 0 bridgehead atoms. The largest absolute Gasteiger partial charge is 0.462 e. The minimum Gasteiger partial charge on any atom is -0.462 e.